The van der Waals surface area contributed by atoms with Gasteiger partial charge >= 0.3 is 0 Å². The van der Waals surface area contributed by atoms with Crippen LogP contribution in [0.4, 0.5) is 0 Å². The Balaban J connectivity index is 2.83. The van der Waals surface area contributed by atoms with Crippen molar-refractivity contribution in [2.45, 2.75) is 12.3 Å². The first-order valence-corrected chi connectivity index (χ1v) is 2.27. The Morgan fingerprint density at radius 2 is 2.20 bits per heavy atom. The van der Waals surface area contributed by atoms with Crippen LogP contribution in [0.25, 0.3) is 0 Å². The van der Waals surface area contributed by atoms with E-state index < -0.39 is 0 Å². The van der Waals surface area contributed by atoms with Crippen LogP contribution in [0.15, 0.2) is 0 Å². The van der Waals surface area contributed by atoms with E-state index in [1.54, 1.807) is 0 Å². The average molecular weight is 109 g/mol. The highest BCUT2D eigenvalue weighted by molar-refractivity contribution is 7.79. The van der Waals surface area contributed by atoms with Crippen LogP contribution in [0.3, 0.4) is 0 Å². The first-order valence-electron chi connectivity index (χ1n) is 1.36. The van der Waals surface area contributed by atoms with Gasteiger partial charge in [-0.3, -0.25) is 0 Å². The zero-order chi connectivity index (χ0) is 4.28. The zero-order valence-electron chi connectivity index (χ0n) is 2.94. The second-order valence-corrected chi connectivity index (χ2v) is 1.77. The van der Waals surface area contributed by atoms with Crippen LogP contribution < -0.4 is 0 Å². The average Bonchev–Trinajstić information content (AvgIpc) is 1.38. The van der Waals surface area contributed by atoms with Gasteiger partial charge in [-0.2, -0.15) is 0 Å². The van der Waals surface area contributed by atoms with Crippen LogP contribution in [0, 0.1) is 0 Å². The molecule has 0 rings (SSSR count). The van der Waals surface area contributed by atoms with Crippen LogP contribution in [0.2, 0.25) is 0 Å². The topological polar surface area (TPSA) is 0 Å². The molecule has 0 aromatic carbocycles. The van der Waals surface area contributed by atoms with Crippen molar-refractivity contribution in [1.29, 1.82) is 0 Å². The van der Waals surface area contributed by atoms with Crippen molar-refractivity contribution >= 4 is 29.2 Å². The van der Waals surface area contributed by atoms with Gasteiger partial charge in [-0.25, -0.2) is 0 Å². The molecule has 5 heavy (non-hydrogen) atoms. The van der Waals surface area contributed by atoms with Crippen LogP contribution in [-0.2, 0) is 0 Å². The lowest BCUT2D eigenvalue weighted by Crippen LogP contribution is -1.84. The summed E-state index contributed by atoms with van der Waals surface area (Å²) >= 11 is 9.72. The summed E-state index contributed by atoms with van der Waals surface area (Å²) in [5, 5.41) is 1.56. The Labute approximate surface area is 42.1 Å². The molecular formula is C3H5ClS. The molecule has 0 fully saturated rings. The van der Waals surface area contributed by atoms with E-state index in [1.165, 1.54) is 5.37 Å². The van der Waals surface area contributed by atoms with E-state index in [2.05, 4.69) is 12.2 Å². The van der Waals surface area contributed by atoms with Crippen molar-refractivity contribution in [1.82, 2.24) is 0 Å². The normalized spacial score (nSPS) is 14.0. The summed E-state index contributed by atoms with van der Waals surface area (Å²) < 4.78 is 0. The molecule has 0 aromatic rings. The number of thiocarbonyl (C=S) groups is 1. The lowest BCUT2D eigenvalue weighted by atomic mass is 10.6. The maximum Gasteiger partial charge on any atom is 0.0590 e. The van der Waals surface area contributed by atoms with E-state index in [-0.39, 0.29) is 5.38 Å². The molecule has 0 saturated heterocycles. The van der Waals surface area contributed by atoms with E-state index in [1.807, 2.05) is 6.92 Å². The van der Waals surface area contributed by atoms with Crippen molar-refractivity contribution in [3.63, 3.8) is 0 Å². The SMILES string of the molecule is CC(Cl)C=S. The maximum absolute atomic E-state index is 5.30. The number of halogens is 1. The first kappa shape index (κ1) is 5.38. The molecule has 1 atom stereocenters. The van der Waals surface area contributed by atoms with E-state index >= 15 is 0 Å². The zero-order valence-corrected chi connectivity index (χ0v) is 4.51. The fraction of sp³-hybridized carbons (Fsp3) is 0.667. The van der Waals surface area contributed by atoms with Gasteiger partial charge in [-0.1, -0.05) is 12.2 Å². The number of rotatable bonds is 1. The second kappa shape index (κ2) is 2.61. The molecule has 30 valence electrons. The van der Waals surface area contributed by atoms with E-state index in [0.717, 1.165) is 0 Å². The summed E-state index contributed by atoms with van der Waals surface area (Å²) in [4.78, 5) is 0. The number of hydrogen-bond donors (Lipinski definition) is 0. The molecule has 0 amide bonds. The summed E-state index contributed by atoms with van der Waals surface area (Å²) in [6.07, 6.45) is 0. The van der Waals surface area contributed by atoms with Gasteiger partial charge in [0.2, 0.25) is 0 Å². The third kappa shape index (κ3) is 4.38. The fourth-order valence-electron chi connectivity index (χ4n) is 0. The molecule has 0 aliphatic rings. The van der Waals surface area contributed by atoms with Gasteiger partial charge in [0.25, 0.3) is 0 Å². The highest BCUT2D eigenvalue weighted by atomic mass is 35.5. The second-order valence-electron chi connectivity index (χ2n) is 0.814. The lowest BCUT2D eigenvalue weighted by Gasteiger charge is -1.79. The predicted octanol–water partition coefficient (Wildman–Crippen LogP) is 1.61. The summed E-state index contributed by atoms with van der Waals surface area (Å²) in [6.45, 7) is 1.83. The molecule has 0 spiro atoms. The van der Waals surface area contributed by atoms with Crippen molar-refractivity contribution in [3.05, 3.63) is 0 Å². The van der Waals surface area contributed by atoms with Crippen LogP contribution in [0.5, 0.6) is 0 Å². The molecule has 2 heteroatoms. The molecule has 0 nitrogen and oxygen atoms in total. The van der Waals surface area contributed by atoms with E-state index in [4.69, 9.17) is 11.6 Å². The van der Waals surface area contributed by atoms with E-state index in [0.29, 0.717) is 0 Å². The summed E-state index contributed by atoms with van der Waals surface area (Å²) in [5.74, 6) is 0. The van der Waals surface area contributed by atoms with Gasteiger partial charge in [-0.15, -0.1) is 11.6 Å². The first-order chi connectivity index (χ1) is 2.27. The van der Waals surface area contributed by atoms with Gasteiger partial charge in [-0.05, 0) is 12.3 Å². The molecular weight excluding hydrogens is 104 g/mol. The van der Waals surface area contributed by atoms with Gasteiger partial charge in [0.05, 0.1) is 5.38 Å². The minimum absolute atomic E-state index is 0.0463. The molecule has 1 unspecified atom stereocenters. The molecule has 0 bridgehead atoms. The predicted molar refractivity (Wildman–Crippen MR) is 29.0 cm³/mol. The lowest BCUT2D eigenvalue weighted by molar-refractivity contribution is 1.36. The molecule has 0 radical (unpaired) electrons. The summed E-state index contributed by atoms with van der Waals surface area (Å²) in [5.41, 5.74) is 0. The van der Waals surface area contributed by atoms with Crippen molar-refractivity contribution in [2.24, 2.45) is 0 Å². The van der Waals surface area contributed by atoms with Crippen LogP contribution in [-0.4, -0.2) is 10.7 Å². The third-order valence-electron chi connectivity index (χ3n) is 0.188. The Bertz CT molecular complexity index is 33.9. The molecule has 0 heterocycles. The van der Waals surface area contributed by atoms with Gasteiger partial charge in [0.1, 0.15) is 0 Å². The Kier molecular flexibility index (Phi) is 2.81. The minimum atomic E-state index is 0.0463. The monoisotopic (exact) mass is 108 g/mol. The Hall–Kier alpha value is 0.380. The molecule has 0 aliphatic heterocycles. The highest BCUT2D eigenvalue weighted by Gasteiger charge is 1.79. The quantitative estimate of drug-likeness (QED) is 0.363. The van der Waals surface area contributed by atoms with Gasteiger partial charge in [0, 0.05) is 0 Å². The summed E-state index contributed by atoms with van der Waals surface area (Å²) in [6, 6.07) is 0. The highest BCUT2D eigenvalue weighted by Crippen LogP contribution is 1.84. The van der Waals surface area contributed by atoms with Crippen LogP contribution in [0.1, 0.15) is 6.92 Å². The van der Waals surface area contributed by atoms with Gasteiger partial charge < -0.3 is 0 Å². The summed E-state index contributed by atoms with van der Waals surface area (Å²) in [7, 11) is 0. The number of alkyl halides is 1. The minimum Gasteiger partial charge on any atom is -0.118 e. The van der Waals surface area contributed by atoms with Crippen LogP contribution >= 0.6 is 23.8 Å². The largest absolute Gasteiger partial charge is 0.118 e. The van der Waals surface area contributed by atoms with E-state index in [9.17, 15) is 0 Å². The van der Waals surface area contributed by atoms with Crippen molar-refractivity contribution in [3.8, 4) is 0 Å². The molecule has 0 aliphatic carbocycles. The van der Waals surface area contributed by atoms with Gasteiger partial charge in [0.15, 0.2) is 0 Å². The molecule has 0 saturated carbocycles. The fourth-order valence-corrected chi connectivity index (χ4v) is 0. The number of hydrogen-bond acceptors (Lipinski definition) is 1. The smallest absolute Gasteiger partial charge is 0.0590 e. The maximum atomic E-state index is 5.30. The van der Waals surface area contributed by atoms with Crippen molar-refractivity contribution in [2.75, 3.05) is 0 Å². The third-order valence-corrected chi connectivity index (χ3v) is 0.871. The Morgan fingerprint density at radius 1 is 2.00 bits per heavy atom. The standard InChI is InChI=1S/C3H5ClS/c1-3(4)2-5/h2-3H,1H3. The molecule has 0 aromatic heterocycles. The molecule has 0 N–H and O–H groups in total. The Morgan fingerprint density at radius 3 is 2.20 bits per heavy atom. The van der Waals surface area contributed by atoms with Crippen molar-refractivity contribution < 1.29 is 0 Å².